The highest BCUT2D eigenvalue weighted by atomic mass is 35.5. The molecule has 0 saturated carbocycles. The van der Waals surface area contributed by atoms with Crippen LogP contribution in [0.4, 0.5) is 0 Å². The molecule has 1 atom stereocenters. The molecule has 0 aliphatic rings. The Morgan fingerprint density at radius 2 is 1.84 bits per heavy atom. The first-order valence-corrected chi connectivity index (χ1v) is 7.80. The highest BCUT2D eigenvalue weighted by molar-refractivity contribution is 6.30. The number of hydrogen-bond donors (Lipinski definition) is 2. The van der Waals surface area contributed by atoms with Gasteiger partial charge in [-0.25, -0.2) is 0 Å². The van der Waals surface area contributed by atoms with Gasteiger partial charge < -0.3 is 15.6 Å². The minimum absolute atomic E-state index is 0.0390. The van der Waals surface area contributed by atoms with Crippen LogP contribution in [0.1, 0.15) is 22.1 Å². The molecule has 7 heteroatoms. The van der Waals surface area contributed by atoms with Crippen LogP contribution in [0.3, 0.4) is 0 Å². The highest BCUT2D eigenvalue weighted by Crippen LogP contribution is 2.23. The lowest BCUT2D eigenvalue weighted by molar-refractivity contribution is -0.120. The maximum atomic E-state index is 12.4. The molecule has 2 aromatic carbocycles. The minimum atomic E-state index is -0.958. The van der Waals surface area contributed by atoms with E-state index < -0.39 is 17.9 Å². The zero-order chi connectivity index (χ0) is 17.8. The summed E-state index contributed by atoms with van der Waals surface area (Å²) in [6.45, 7) is 0. The maximum Gasteiger partial charge on any atom is 0.274 e. The first-order valence-electron chi connectivity index (χ1n) is 7.42. The van der Waals surface area contributed by atoms with Crippen LogP contribution in [-0.4, -0.2) is 17.0 Å². The molecule has 0 aliphatic carbocycles. The van der Waals surface area contributed by atoms with Gasteiger partial charge >= 0.3 is 0 Å². The van der Waals surface area contributed by atoms with Crippen molar-refractivity contribution in [3.63, 3.8) is 0 Å². The molecule has 6 nitrogen and oxygen atoms in total. The number of amides is 2. The van der Waals surface area contributed by atoms with Crippen LogP contribution in [0.2, 0.25) is 5.02 Å². The highest BCUT2D eigenvalue weighted by Gasteiger charge is 2.23. The summed E-state index contributed by atoms with van der Waals surface area (Å²) in [5, 5.41) is 6.85. The number of rotatable bonds is 5. The monoisotopic (exact) mass is 355 g/mol. The van der Waals surface area contributed by atoms with E-state index in [1.807, 2.05) is 0 Å². The number of halogens is 1. The molecule has 0 spiro atoms. The Morgan fingerprint density at radius 1 is 1.08 bits per heavy atom. The molecule has 0 aliphatic heterocycles. The van der Waals surface area contributed by atoms with Crippen molar-refractivity contribution in [3.05, 3.63) is 76.9 Å². The van der Waals surface area contributed by atoms with E-state index in [4.69, 9.17) is 21.9 Å². The Kier molecular flexibility index (Phi) is 4.81. The second-order valence-electron chi connectivity index (χ2n) is 5.31. The van der Waals surface area contributed by atoms with Crippen molar-refractivity contribution in [1.29, 1.82) is 0 Å². The van der Waals surface area contributed by atoms with Gasteiger partial charge in [0.05, 0.1) is 0 Å². The van der Waals surface area contributed by atoms with E-state index in [1.54, 1.807) is 54.6 Å². The number of primary amides is 1. The van der Waals surface area contributed by atoms with Gasteiger partial charge in [-0.2, -0.15) is 0 Å². The fourth-order valence-electron chi connectivity index (χ4n) is 2.33. The lowest BCUT2D eigenvalue weighted by Crippen LogP contribution is -2.37. The van der Waals surface area contributed by atoms with Crippen molar-refractivity contribution in [2.24, 2.45) is 5.73 Å². The number of carbonyl (C=O) groups is 2. The molecular formula is C18H14ClN3O3. The van der Waals surface area contributed by atoms with E-state index in [9.17, 15) is 9.59 Å². The van der Waals surface area contributed by atoms with Crippen LogP contribution in [0.5, 0.6) is 0 Å². The zero-order valence-corrected chi connectivity index (χ0v) is 13.7. The quantitative estimate of drug-likeness (QED) is 0.735. The molecule has 1 aromatic heterocycles. The van der Waals surface area contributed by atoms with Crippen LogP contribution in [0.25, 0.3) is 11.3 Å². The number of nitrogens with zero attached hydrogens (tertiary/aromatic N) is 1. The van der Waals surface area contributed by atoms with E-state index >= 15 is 0 Å². The largest absolute Gasteiger partial charge is 0.368 e. The number of nitrogens with two attached hydrogens (primary N) is 1. The third-order valence-electron chi connectivity index (χ3n) is 3.54. The third-order valence-corrected chi connectivity index (χ3v) is 3.78. The second-order valence-corrected chi connectivity index (χ2v) is 5.74. The molecule has 1 unspecified atom stereocenters. The standard InChI is InChI=1S/C18H14ClN3O3/c19-13-8-4-7-12(9-13)15-10-14(22-25-15)18(24)21-16(17(20)23)11-5-2-1-3-6-11/h1-10,16H,(H2,20,23)(H,21,24). The molecule has 3 N–H and O–H groups in total. The fourth-order valence-corrected chi connectivity index (χ4v) is 2.52. The molecule has 0 bridgehead atoms. The summed E-state index contributed by atoms with van der Waals surface area (Å²) in [6.07, 6.45) is 0. The number of hydrogen-bond acceptors (Lipinski definition) is 4. The van der Waals surface area contributed by atoms with Crippen LogP contribution in [-0.2, 0) is 4.79 Å². The summed E-state index contributed by atoms with van der Waals surface area (Å²) < 4.78 is 5.19. The summed E-state index contributed by atoms with van der Waals surface area (Å²) >= 11 is 5.94. The lowest BCUT2D eigenvalue weighted by Gasteiger charge is -2.14. The molecule has 25 heavy (non-hydrogen) atoms. The Morgan fingerprint density at radius 3 is 2.52 bits per heavy atom. The molecular weight excluding hydrogens is 342 g/mol. The number of nitrogens with one attached hydrogen (secondary N) is 1. The van der Waals surface area contributed by atoms with E-state index in [1.165, 1.54) is 6.07 Å². The van der Waals surface area contributed by atoms with E-state index in [0.29, 0.717) is 21.9 Å². The van der Waals surface area contributed by atoms with Crippen molar-refractivity contribution in [2.45, 2.75) is 6.04 Å². The third kappa shape index (κ3) is 3.87. The predicted octanol–water partition coefficient (Wildman–Crippen LogP) is 2.95. The van der Waals surface area contributed by atoms with Gasteiger partial charge in [0, 0.05) is 16.7 Å². The van der Waals surface area contributed by atoms with Crippen LogP contribution in [0.15, 0.2) is 65.2 Å². The summed E-state index contributed by atoms with van der Waals surface area (Å²) in [5.74, 6) is -0.842. The van der Waals surface area contributed by atoms with Gasteiger partial charge in [-0.15, -0.1) is 0 Å². The average molecular weight is 356 g/mol. The van der Waals surface area contributed by atoms with Crippen molar-refractivity contribution >= 4 is 23.4 Å². The summed E-state index contributed by atoms with van der Waals surface area (Å²) in [7, 11) is 0. The summed E-state index contributed by atoms with van der Waals surface area (Å²) in [5.41, 5.74) is 6.71. The molecule has 0 fully saturated rings. The molecule has 0 saturated heterocycles. The first kappa shape index (κ1) is 16.7. The van der Waals surface area contributed by atoms with E-state index in [-0.39, 0.29) is 5.69 Å². The summed E-state index contributed by atoms with van der Waals surface area (Å²) in [4.78, 5) is 24.1. The molecule has 2 amide bonds. The SMILES string of the molecule is NC(=O)C(NC(=O)c1cc(-c2cccc(Cl)c2)on1)c1ccccc1. The Bertz CT molecular complexity index is 909. The topological polar surface area (TPSA) is 98.2 Å². The number of aromatic nitrogens is 1. The Balaban J connectivity index is 1.80. The van der Waals surface area contributed by atoms with Gasteiger partial charge in [0.1, 0.15) is 6.04 Å². The van der Waals surface area contributed by atoms with Crippen molar-refractivity contribution in [2.75, 3.05) is 0 Å². The van der Waals surface area contributed by atoms with Gasteiger partial charge in [0.25, 0.3) is 5.91 Å². The Labute approximate surface area is 148 Å². The van der Waals surface area contributed by atoms with Crippen molar-refractivity contribution in [1.82, 2.24) is 10.5 Å². The Hall–Kier alpha value is -3.12. The van der Waals surface area contributed by atoms with E-state index in [0.717, 1.165) is 0 Å². The van der Waals surface area contributed by atoms with Crippen molar-refractivity contribution in [3.8, 4) is 11.3 Å². The first-order chi connectivity index (χ1) is 12.0. The summed E-state index contributed by atoms with van der Waals surface area (Å²) in [6, 6.07) is 16.2. The minimum Gasteiger partial charge on any atom is -0.368 e. The number of benzene rings is 2. The van der Waals surface area contributed by atoms with Gasteiger partial charge in [-0.3, -0.25) is 9.59 Å². The molecule has 126 valence electrons. The van der Waals surface area contributed by atoms with Gasteiger partial charge in [-0.05, 0) is 17.7 Å². The molecule has 1 heterocycles. The molecule has 0 radical (unpaired) electrons. The maximum absolute atomic E-state index is 12.4. The van der Waals surface area contributed by atoms with Gasteiger partial charge in [0.15, 0.2) is 11.5 Å². The molecule has 3 rings (SSSR count). The molecule has 3 aromatic rings. The van der Waals surface area contributed by atoms with Gasteiger partial charge in [-0.1, -0.05) is 59.2 Å². The van der Waals surface area contributed by atoms with Crippen molar-refractivity contribution < 1.29 is 14.1 Å². The average Bonchev–Trinajstić information content (AvgIpc) is 3.10. The van der Waals surface area contributed by atoms with E-state index in [2.05, 4.69) is 10.5 Å². The second kappa shape index (κ2) is 7.19. The predicted molar refractivity (Wildman–Crippen MR) is 92.8 cm³/mol. The lowest BCUT2D eigenvalue weighted by atomic mass is 10.1. The van der Waals surface area contributed by atoms with Gasteiger partial charge in [0.2, 0.25) is 5.91 Å². The number of carbonyl (C=O) groups excluding carboxylic acids is 2. The smallest absolute Gasteiger partial charge is 0.274 e. The normalized spacial score (nSPS) is 11.7. The fraction of sp³-hybridized carbons (Fsp3) is 0.0556. The van der Waals surface area contributed by atoms with Crippen LogP contribution < -0.4 is 11.1 Å². The van der Waals surface area contributed by atoms with Crippen LogP contribution >= 0.6 is 11.6 Å². The van der Waals surface area contributed by atoms with Crippen LogP contribution in [0, 0.1) is 0 Å². The zero-order valence-electron chi connectivity index (χ0n) is 13.0.